The molecule has 2 unspecified atom stereocenters. The number of nitrogen functional groups attached to an aromatic ring is 1. The van der Waals surface area contributed by atoms with Gasteiger partial charge < -0.3 is 16.2 Å². The van der Waals surface area contributed by atoms with E-state index >= 15 is 0 Å². The first-order valence-electron chi connectivity index (χ1n) is 6.22. The third-order valence-electron chi connectivity index (χ3n) is 3.39. The molecule has 1 amide bonds. The van der Waals surface area contributed by atoms with Gasteiger partial charge >= 0.3 is 0 Å². The molecule has 4 N–H and O–H groups in total. The zero-order valence-electron chi connectivity index (χ0n) is 10.3. The van der Waals surface area contributed by atoms with Crippen LogP contribution in [0.4, 0.5) is 14.5 Å². The van der Waals surface area contributed by atoms with Crippen LogP contribution in [-0.2, 0) is 0 Å². The maximum atomic E-state index is 13.3. The Morgan fingerprint density at radius 2 is 1.84 bits per heavy atom. The third kappa shape index (κ3) is 3.01. The second-order valence-electron chi connectivity index (χ2n) is 4.79. The molecular formula is C13H16F2N2O2. The molecule has 0 saturated heterocycles. The van der Waals surface area contributed by atoms with Gasteiger partial charge in [0, 0.05) is 5.56 Å². The Labute approximate surface area is 109 Å². The van der Waals surface area contributed by atoms with E-state index in [-0.39, 0.29) is 11.6 Å². The van der Waals surface area contributed by atoms with E-state index in [0.717, 1.165) is 25.0 Å². The normalized spacial score (nSPS) is 23.1. The minimum atomic E-state index is -0.964. The van der Waals surface area contributed by atoms with E-state index in [1.54, 1.807) is 0 Å². The summed E-state index contributed by atoms with van der Waals surface area (Å²) in [6.07, 6.45) is 2.49. The number of hydrogen-bond acceptors (Lipinski definition) is 3. The number of nitrogens with one attached hydrogen (secondary N) is 1. The Balaban J connectivity index is 2.11. The minimum absolute atomic E-state index is 0.137. The molecule has 6 heteroatoms. The highest BCUT2D eigenvalue weighted by Crippen LogP contribution is 2.20. The van der Waals surface area contributed by atoms with E-state index in [1.807, 2.05) is 0 Å². The lowest BCUT2D eigenvalue weighted by atomic mass is 9.92. The third-order valence-corrected chi connectivity index (χ3v) is 3.39. The van der Waals surface area contributed by atoms with Crippen molar-refractivity contribution >= 4 is 11.6 Å². The van der Waals surface area contributed by atoms with Crippen LogP contribution in [0.2, 0.25) is 0 Å². The smallest absolute Gasteiger partial charge is 0.251 e. The van der Waals surface area contributed by atoms with Crippen LogP contribution in [0.25, 0.3) is 0 Å². The predicted octanol–water partition coefficient (Wildman–Crippen LogP) is 1.58. The Morgan fingerprint density at radius 1 is 1.26 bits per heavy atom. The van der Waals surface area contributed by atoms with Crippen molar-refractivity contribution in [2.24, 2.45) is 0 Å². The number of amides is 1. The van der Waals surface area contributed by atoms with Gasteiger partial charge in [-0.2, -0.15) is 0 Å². The lowest BCUT2D eigenvalue weighted by Gasteiger charge is -2.28. The SMILES string of the molecule is Nc1c(F)cc(C(=O)NC2CCCCC2O)cc1F. The molecule has 104 valence electrons. The first-order chi connectivity index (χ1) is 8.99. The number of anilines is 1. The molecule has 1 aromatic rings. The van der Waals surface area contributed by atoms with Crippen molar-refractivity contribution in [3.63, 3.8) is 0 Å². The van der Waals surface area contributed by atoms with Crippen LogP contribution < -0.4 is 11.1 Å². The van der Waals surface area contributed by atoms with E-state index in [0.29, 0.717) is 12.8 Å². The van der Waals surface area contributed by atoms with Crippen LogP contribution in [0.15, 0.2) is 12.1 Å². The molecule has 2 atom stereocenters. The molecule has 0 aromatic heterocycles. The van der Waals surface area contributed by atoms with Crippen LogP contribution in [0.3, 0.4) is 0 Å². The highest BCUT2D eigenvalue weighted by atomic mass is 19.1. The van der Waals surface area contributed by atoms with E-state index in [2.05, 4.69) is 5.32 Å². The number of aliphatic hydroxyl groups is 1. The molecular weight excluding hydrogens is 254 g/mol. The second kappa shape index (κ2) is 5.52. The van der Waals surface area contributed by atoms with Crippen LogP contribution in [0, 0.1) is 11.6 Å². The van der Waals surface area contributed by atoms with Gasteiger partial charge in [0.15, 0.2) is 0 Å². The summed E-state index contributed by atoms with van der Waals surface area (Å²) in [5, 5.41) is 12.3. The lowest BCUT2D eigenvalue weighted by Crippen LogP contribution is -2.45. The first-order valence-corrected chi connectivity index (χ1v) is 6.22. The zero-order chi connectivity index (χ0) is 14.0. The van der Waals surface area contributed by atoms with Gasteiger partial charge in [-0.25, -0.2) is 8.78 Å². The minimum Gasteiger partial charge on any atom is -0.394 e. The van der Waals surface area contributed by atoms with Crippen molar-refractivity contribution in [2.45, 2.75) is 37.8 Å². The Hall–Kier alpha value is -1.69. The molecule has 4 nitrogen and oxygen atoms in total. The largest absolute Gasteiger partial charge is 0.394 e. The molecule has 1 aliphatic rings. The van der Waals surface area contributed by atoms with Crippen LogP contribution in [-0.4, -0.2) is 23.2 Å². The molecule has 0 spiro atoms. The predicted molar refractivity (Wildman–Crippen MR) is 66.5 cm³/mol. The van der Waals surface area contributed by atoms with E-state index < -0.39 is 29.3 Å². The number of halogens is 2. The van der Waals surface area contributed by atoms with Gasteiger partial charge in [-0.15, -0.1) is 0 Å². The molecule has 1 saturated carbocycles. The summed E-state index contributed by atoms with van der Waals surface area (Å²) in [6, 6.07) is 1.41. The Kier molecular flexibility index (Phi) is 3.99. The molecule has 19 heavy (non-hydrogen) atoms. The monoisotopic (exact) mass is 270 g/mol. The number of aliphatic hydroxyl groups excluding tert-OH is 1. The fraction of sp³-hybridized carbons (Fsp3) is 0.462. The lowest BCUT2D eigenvalue weighted by molar-refractivity contribution is 0.0717. The Bertz CT molecular complexity index is 471. The summed E-state index contributed by atoms with van der Waals surface area (Å²) < 4.78 is 26.5. The summed E-state index contributed by atoms with van der Waals surface area (Å²) in [4.78, 5) is 11.9. The van der Waals surface area contributed by atoms with Crippen LogP contribution >= 0.6 is 0 Å². The highest BCUT2D eigenvalue weighted by molar-refractivity contribution is 5.94. The van der Waals surface area contributed by atoms with Crippen molar-refractivity contribution in [1.82, 2.24) is 5.32 Å². The molecule has 1 aliphatic carbocycles. The fourth-order valence-electron chi connectivity index (χ4n) is 2.25. The molecule has 0 bridgehead atoms. The van der Waals surface area contributed by atoms with Gasteiger partial charge in [0.05, 0.1) is 12.1 Å². The number of rotatable bonds is 2. The second-order valence-corrected chi connectivity index (χ2v) is 4.79. The molecule has 0 aliphatic heterocycles. The summed E-state index contributed by atoms with van der Waals surface area (Å²) in [6.45, 7) is 0. The average molecular weight is 270 g/mol. The van der Waals surface area contributed by atoms with Crippen LogP contribution in [0.1, 0.15) is 36.0 Å². The molecule has 1 fully saturated rings. The first kappa shape index (κ1) is 13.7. The summed E-state index contributed by atoms with van der Waals surface area (Å²) >= 11 is 0. The van der Waals surface area contributed by atoms with Gasteiger partial charge in [-0.3, -0.25) is 4.79 Å². The van der Waals surface area contributed by atoms with Gasteiger partial charge in [0.25, 0.3) is 5.91 Å². The fourth-order valence-corrected chi connectivity index (χ4v) is 2.25. The zero-order valence-corrected chi connectivity index (χ0v) is 10.3. The number of carbonyl (C=O) groups is 1. The summed E-state index contributed by atoms with van der Waals surface area (Å²) in [5.41, 5.74) is 4.40. The van der Waals surface area contributed by atoms with Crippen molar-refractivity contribution in [3.8, 4) is 0 Å². The van der Waals surface area contributed by atoms with E-state index in [4.69, 9.17) is 5.73 Å². The number of benzene rings is 1. The van der Waals surface area contributed by atoms with Crippen LogP contribution in [0.5, 0.6) is 0 Å². The molecule has 1 aromatic carbocycles. The highest BCUT2D eigenvalue weighted by Gasteiger charge is 2.25. The molecule has 0 radical (unpaired) electrons. The van der Waals surface area contributed by atoms with Gasteiger partial charge in [0.2, 0.25) is 0 Å². The van der Waals surface area contributed by atoms with Crippen molar-refractivity contribution in [1.29, 1.82) is 0 Å². The summed E-state index contributed by atoms with van der Waals surface area (Å²) in [7, 11) is 0. The van der Waals surface area contributed by atoms with Gasteiger partial charge in [0.1, 0.15) is 17.3 Å². The summed E-state index contributed by atoms with van der Waals surface area (Å²) in [5.74, 6) is -2.53. The van der Waals surface area contributed by atoms with E-state index in [1.165, 1.54) is 0 Å². The van der Waals surface area contributed by atoms with Crippen molar-refractivity contribution in [2.75, 3.05) is 5.73 Å². The van der Waals surface area contributed by atoms with Gasteiger partial charge in [-0.1, -0.05) is 12.8 Å². The van der Waals surface area contributed by atoms with Gasteiger partial charge in [-0.05, 0) is 25.0 Å². The molecule has 0 heterocycles. The Morgan fingerprint density at radius 3 is 2.42 bits per heavy atom. The standard InChI is InChI=1S/C13H16F2N2O2/c14-8-5-7(6-9(15)12(8)16)13(19)17-10-3-1-2-4-11(10)18/h5-6,10-11,18H,1-4,16H2,(H,17,19). The maximum Gasteiger partial charge on any atom is 0.251 e. The number of hydrogen-bond donors (Lipinski definition) is 3. The van der Waals surface area contributed by atoms with Crippen molar-refractivity contribution in [3.05, 3.63) is 29.3 Å². The maximum absolute atomic E-state index is 13.3. The quantitative estimate of drug-likeness (QED) is 0.714. The average Bonchev–Trinajstić information content (AvgIpc) is 2.38. The van der Waals surface area contributed by atoms with Crippen molar-refractivity contribution < 1.29 is 18.7 Å². The number of nitrogens with two attached hydrogens (primary N) is 1. The molecule has 2 rings (SSSR count). The number of carbonyl (C=O) groups excluding carboxylic acids is 1. The topological polar surface area (TPSA) is 75.4 Å². The van der Waals surface area contributed by atoms with E-state index in [9.17, 15) is 18.7 Å².